The summed E-state index contributed by atoms with van der Waals surface area (Å²) in [5, 5.41) is 13.0. The van der Waals surface area contributed by atoms with E-state index in [1.807, 2.05) is 25.1 Å². The molecule has 0 aliphatic carbocycles. The van der Waals surface area contributed by atoms with Crippen molar-refractivity contribution >= 4 is 27.5 Å². The molecule has 0 aromatic heterocycles. The van der Waals surface area contributed by atoms with Crippen LogP contribution in [0.4, 0.5) is 0 Å². The number of aliphatic hydroxyl groups is 1. The molecule has 2 nitrogen and oxygen atoms in total. The molecule has 0 spiro atoms. The van der Waals surface area contributed by atoms with Gasteiger partial charge in [-0.1, -0.05) is 24.6 Å². The van der Waals surface area contributed by atoms with Crippen LogP contribution in [0.25, 0.3) is 0 Å². The van der Waals surface area contributed by atoms with Crippen LogP contribution in [0.2, 0.25) is 5.02 Å². The Hall–Kier alpha value is -0.0900. The molecule has 1 rings (SSSR count). The molecule has 0 amide bonds. The normalized spacial score (nSPS) is 12.9. The van der Waals surface area contributed by atoms with E-state index in [4.69, 9.17) is 16.7 Å². The van der Waals surface area contributed by atoms with E-state index in [-0.39, 0.29) is 12.6 Å². The second kappa shape index (κ2) is 5.71. The lowest BCUT2D eigenvalue weighted by Crippen LogP contribution is -2.23. The van der Waals surface area contributed by atoms with E-state index in [9.17, 15) is 0 Å². The average molecular weight is 279 g/mol. The summed E-state index contributed by atoms with van der Waals surface area (Å²) in [6.45, 7) is 2.90. The zero-order valence-corrected chi connectivity index (χ0v) is 10.3. The van der Waals surface area contributed by atoms with Gasteiger partial charge in [-0.25, -0.2) is 0 Å². The van der Waals surface area contributed by atoms with Crippen molar-refractivity contribution in [3.63, 3.8) is 0 Å². The van der Waals surface area contributed by atoms with E-state index in [0.717, 1.165) is 16.6 Å². The monoisotopic (exact) mass is 277 g/mol. The number of aliphatic hydroxyl groups excluding tert-OH is 1. The first-order chi connectivity index (χ1) is 6.69. The number of halogens is 2. The molecule has 1 unspecified atom stereocenters. The minimum Gasteiger partial charge on any atom is -0.394 e. The number of hydrogen-bond acceptors (Lipinski definition) is 2. The molecule has 1 atom stereocenters. The zero-order chi connectivity index (χ0) is 10.6. The number of likely N-dealkylation sites (N-methyl/N-ethyl adjacent to an activating group) is 1. The Kier molecular flexibility index (Phi) is 4.89. The van der Waals surface area contributed by atoms with Crippen molar-refractivity contribution < 1.29 is 5.11 Å². The van der Waals surface area contributed by atoms with E-state index in [1.54, 1.807) is 0 Å². The van der Waals surface area contributed by atoms with Gasteiger partial charge in [-0.15, -0.1) is 0 Å². The lowest BCUT2D eigenvalue weighted by atomic mass is 10.1. The van der Waals surface area contributed by atoms with Crippen molar-refractivity contribution in [1.82, 2.24) is 5.32 Å². The molecule has 0 heterocycles. The fourth-order valence-corrected chi connectivity index (χ4v) is 1.70. The van der Waals surface area contributed by atoms with Gasteiger partial charge in [0.2, 0.25) is 0 Å². The molecule has 78 valence electrons. The molecule has 14 heavy (non-hydrogen) atoms. The van der Waals surface area contributed by atoms with Crippen LogP contribution in [0, 0.1) is 0 Å². The van der Waals surface area contributed by atoms with Gasteiger partial charge in [-0.3, -0.25) is 0 Å². The SMILES string of the molecule is CCNC(CO)c1ccc(Br)c(Cl)c1. The van der Waals surface area contributed by atoms with Crippen LogP contribution >= 0.6 is 27.5 Å². The third-order valence-electron chi connectivity index (χ3n) is 1.98. The Morgan fingerprint density at radius 1 is 1.57 bits per heavy atom. The van der Waals surface area contributed by atoms with Gasteiger partial charge in [-0.2, -0.15) is 0 Å². The molecular formula is C10H13BrClNO. The van der Waals surface area contributed by atoms with Gasteiger partial charge in [0.25, 0.3) is 0 Å². The quantitative estimate of drug-likeness (QED) is 0.887. The molecule has 0 aliphatic heterocycles. The minimum atomic E-state index is -0.0365. The van der Waals surface area contributed by atoms with Crippen molar-refractivity contribution in [1.29, 1.82) is 0 Å². The Morgan fingerprint density at radius 3 is 2.79 bits per heavy atom. The molecule has 0 saturated heterocycles. The van der Waals surface area contributed by atoms with Crippen molar-refractivity contribution in [2.24, 2.45) is 0 Å². The van der Waals surface area contributed by atoms with E-state index in [0.29, 0.717) is 5.02 Å². The second-order valence-electron chi connectivity index (χ2n) is 2.97. The minimum absolute atomic E-state index is 0.0365. The van der Waals surface area contributed by atoms with Gasteiger partial charge in [0, 0.05) is 4.47 Å². The van der Waals surface area contributed by atoms with Gasteiger partial charge in [0.1, 0.15) is 0 Å². The highest BCUT2D eigenvalue weighted by molar-refractivity contribution is 9.10. The first-order valence-corrected chi connectivity index (χ1v) is 5.65. The van der Waals surface area contributed by atoms with Crippen LogP contribution in [0.15, 0.2) is 22.7 Å². The van der Waals surface area contributed by atoms with Gasteiger partial charge in [-0.05, 0) is 40.2 Å². The van der Waals surface area contributed by atoms with Crippen molar-refractivity contribution in [2.75, 3.05) is 13.2 Å². The molecule has 1 aromatic rings. The molecular weight excluding hydrogens is 265 g/mol. The Morgan fingerprint density at radius 2 is 2.29 bits per heavy atom. The number of benzene rings is 1. The van der Waals surface area contributed by atoms with Gasteiger partial charge in [0.15, 0.2) is 0 Å². The van der Waals surface area contributed by atoms with Gasteiger partial charge < -0.3 is 10.4 Å². The van der Waals surface area contributed by atoms with E-state index < -0.39 is 0 Å². The van der Waals surface area contributed by atoms with Crippen LogP contribution in [-0.2, 0) is 0 Å². The average Bonchev–Trinajstić information content (AvgIpc) is 2.19. The Bertz CT molecular complexity index is 306. The highest BCUT2D eigenvalue weighted by Gasteiger charge is 2.09. The van der Waals surface area contributed by atoms with E-state index in [2.05, 4.69) is 21.2 Å². The van der Waals surface area contributed by atoms with Crippen LogP contribution in [-0.4, -0.2) is 18.3 Å². The van der Waals surface area contributed by atoms with Crippen LogP contribution in [0.1, 0.15) is 18.5 Å². The van der Waals surface area contributed by atoms with E-state index >= 15 is 0 Å². The molecule has 0 aliphatic rings. The fraction of sp³-hybridized carbons (Fsp3) is 0.400. The largest absolute Gasteiger partial charge is 0.394 e. The van der Waals surface area contributed by atoms with Gasteiger partial charge >= 0.3 is 0 Å². The van der Waals surface area contributed by atoms with Crippen molar-refractivity contribution in [3.8, 4) is 0 Å². The third-order valence-corrected chi connectivity index (χ3v) is 3.21. The topological polar surface area (TPSA) is 32.3 Å². The summed E-state index contributed by atoms with van der Waals surface area (Å²) in [6.07, 6.45) is 0. The predicted molar refractivity (Wildman–Crippen MR) is 62.7 cm³/mol. The zero-order valence-electron chi connectivity index (χ0n) is 7.93. The maximum Gasteiger partial charge on any atom is 0.0626 e. The fourth-order valence-electron chi connectivity index (χ4n) is 1.26. The smallest absolute Gasteiger partial charge is 0.0626 e. The maximum atomic E-state index is 9.15. The van der Waals surface area contributed by atoms with Crippen LogP contribution in [0.3, 0.4) is 0 Å². The van der Waals surface area contributed by atoms with E-state index in [1.165, 1.54) is 0 Å². The third kappa shape index (κ3) is 2.95. The molecule has 0 saturated carbocycles. The molecule has 0 fully saturated rings. The summed E-state index contributed by atoms with van der Waals surface area (Å²) >= 11 is 9.28. The number of rotatable bonds is 4. The molecule has 0 radical (unpaired) electrons. The Balaban J connectivity index is 2.88. The van der Waals surface area contributed by atoms with Crippen molar-refractivity contribution in [2.45, 2.75) is 13.0 Å². The number of nitrogens with one attached hydrogen (secondary N) is 1. The number of hydrogen-bond donors (Lipinski definition) is 2. The van der Waals surface area contributed by atoms with Crippen molar-refractivity contribution in [3.05, 3.63) is 33.3 Å². The summed E-state index contributed by atoms with van der Waals surface area (Å²) in [7, 11) is 0. The highest BCUT2D eigenvalue weighted by Crippen LogP contribution is 2.25. The lowest BCUT2D eigenvalue weighted by molar-refractivity contribution is 0.246. The first kappa shape index (κ1) is 12.0. The summed E-state index contributed by atoms with van der Waals surface area (Å²) in [5.74, 6) is 0. The summed E-state index contributed by atoms with van der Waals surface area (Å²) in [6, 6.07) is 5.65. The van der Waals surface area contributed by atoms with Gasteiger partial charge in [0.05, 0.1) is 17.7 Å². The molecule has 1 aromatic carbocycles. The summed E-state index contributed by atoms with van der Waals surface area (Å²) < 4.78 is 0.871. The standard InChI is InChI=1S/C10H13BrClNO/c1-2-13-10(6-14)7-3-4-8(11)9(12)5-7/h3-5,10,13-14H,2,6H2,1H3. The molecule has 0 bridgehead atoms. The van der Waals surface area contributed by atoms with Crippen LogP contribution in [0.5, 0.6) is 0 Å². The summed E-state index contributed by atoms with van der Waals surface area (Å²) in [5.41, 5.74) is 1.00. The maximum absolute atomic E-state index is 9.15. The second-order valence-corrected chi connectivity index (χ2v) is 4.23. The summed E-state index contributed by atoms with van der Waals surface area (Å²) in [4.78, 5) is 0. The first-order valence-electron chi connectivity index (χ1n) is 4.48. The molecule has 2 N–H and O–H groups in total. The molecule has 4 heteroatoms. The predicted octanol–water partition coefficient (Wildman–Crippen LogP) is 2.75. The Labute approximate surface area is 97.4 Å². The highest BCUT2D eigenvalue weighted by atomic mass is 79.9. The van der Waals surface area contributed by atoms with Crippen LogP contribution < -0.4 is 5.32 Å². The lowest BCUT2D eigenvalue weighted by Gasteiger charge is -2.15.